The zero-order valence-electron chi connectivity index (χ0n) is 9.43. The van der Waals surface area contributed by atoms with Crippen LogP contribution in [0.15, 0.2) is 0 Å². The fourth-order valence-corrected chi connectivity index (χ4v) is 3.02. The second-order valence-corrected chi connectivity index (χ2v) is 5.32. The normalized spacial score (nSPS) is 25.8. The molecule has 1 amide bonds. The summed E-state index contributed by atoms with van der Waals surface area (Å²) in [5.74, 6) is 0. The van der Waals surface area contributed by atoms with Gasteiger partial charge in [-0.15, -0.1) is 0 Å². The Hall–Kier alpha value is -0.300. The van der Waals surface area contributed by atoms with Crippen LogP contribution in [0.4, 0.5) is 4.79 Å². The molecule has 2 fully saturated rings. The lowest BCUT2D eigenvalue weighted by atomic mass is 10.0. The van der Waals surface area contributed by atoms with Gasteiger partial charge >= 0.3 is 0 Å². The van der Waals surface area contributed by atoms with Crippen molar-refractivity contribution in [2.45, 2.75) is 18.9 Å². The summed E-state index contributed by atoms with van der Waals surface area (Å²) < 4.78 is 7.42. The first-order valence-electron chi connectivity index (χ1n) is 5.80. The first-order valence-corrected chi connectivity index (χ1v) is 6.57. The molecule has 2 N–H and O–H groups in total. The number of hydrogen-bond donors (Lipinski definition) is 1. The van der Waals surface area contributed by atoms with Crippen LogP contribution in [0.25, 0.3) is 0 Å². The number of amides is 1. The highest BCUT2D eigenvalue weighted by molar-refractivity contribution is 8.11. The summed E-state index contributed by atoms with van der Waals surface area (Å²) in [5, 5.41) is -0.301. The maximum atomic E-state index is 10.8. The lowest BCUT2D eigenvalue weighted by Crippen LogP contribution is -2.48. The van der Waals surface area contributed by atoms with E-state index in [-0.39, 0.29) is 5.24 Å². The summed E-state index contributed by atoms with van der Waals surface area (Å²) in [6.07, 6.45) is 2.25. The second kappa shape index (κ2) is 5.86. The second-order valence-electron chi connectivity index (χ2n) is 4.22. The Labute approximate surface area is 100 Å². The highest BCUT2D eigenvalue weighted by atomic mass is 32.2. The van der Waals surface area contributed by atoms with E-state index in [2.05, 4.69) is 9.21 Å². The number of piperidine rings is 1. The molecule has 0 unspecified atom stereocenters. The number of carbonyl (C=O) groups is 1. The van der Waals surface area contributed by atoms with Crippen molar-refractivity contribution in [2.75, 3.05) is 39.4 Å². The number of ether oxygens (including phenoxy) is 1. The monoisotopic (exact) mass is 245 g/mol. The predicted molar refractivity (Wildman–Crippen MR) is 64.2 cm³/mol. The minimum Gasteiger partial charge on any atom is -0.379 e. The van der Waals surface area contributed by atoms with Crippen LogP contribution >= 0.6 is 11.9 Å². The van der Waals surface area contributed by atoms with E-state index in [1.807, 2.05) is 0 Å². The predicted octanol–water partition coefficient (Wildman–Crippen LogP) is 0.510. The molecule has 6 heteroatoms. The molecule has 2 aliphatic rings. The van der Waals surface area contributed by atoms with Gasteiger partial charge in [0.05, 0.1) is 13.2 Å². The smallest absolute Gasteiger partial charge is 0.291 e. The van der Waals surface area contributed by atoms with Crippen molar-refractivity contribution in [1.82, 2.24) is 9.21 Å². The largest absolute Gasteiger partial charge is 0.379 e. The lowest BCUT2D eigenvalue weighted by Gasteiger charge is -2.39. The van der Waals surface area contributed by atoms with Crippen molar-refractivity contribution in [3.8, 4) is 0 Å². The lowest BCUT2D eigenvalue weighted by molar-refractivity contribution is 0.00661. The number of morpholine rings is 1. The third kappa shape index (κ3) is 3.35. The van der Waals surface area contributed by atoms with E-state index < -0.39 is 0 Å². The van der Waals surface area contributed by atoms with Crippen LogP contribution in [0.5, 0.6) is 0 Å². The maximum absolute atomic E-state index is 10.8. The van der Waals surface area contributed by atoms with Crippen molar-refractivity contribution < 1.29 is 9.53 Å². The van der Waals surface area contributed by atoms with Crippen molar-refractivity contribution in [1.29, 1.82) is 0 Å². The molecule has 2 aliphatic heterocycles. The van der Waals surface area contributed by atoms with Gasteiger partial charge in [0, 0.05) is 44.2 Å². The number of hydrogen-bond acceptors (Lipinski definition) is 5. The van der Waals surface area contributed by atoms with Crippen molar-refractivity contribution in [2.24, 2.45) is 5.73 Å². The number of primary amides is 1. The Morgan fingerprint density at radius 3 is 2.38 bits per heavy atom. The summed E-state index contributed by atoms with van der Waals surface area (Å²) >= 11 is 1.15. The van der Waals surface area contributed by atoms with Crippen LogP contribution < -0.4 is 5.73 Å². The maximum Gasteiger partial charge on any atom is 0.291 e. The van der Waals surface area contributed by atoms with E-state index in [4.69, 9.17) is 10.5 Å². The summed E-state index contributed by atoms with van der Waals surface area (Å²) in [6.45, 7) is 5.72. The highest BCUT2D eigenvalue weighted by Gasteiger charge is 2.26. The molecule has 2 saturated heterocycles. The average Bonchev–Trinajstić information content (AvgIpc) is 2.30. The minimum atomic E-state index is -0.301. The molecule has 0 aromatic carbocycles. The quantitative estimate of drug-likeness (QED) is 0.718. The van der Waals surface area contributed by atoms with Crippen molar-refractivity contribution in [3.05, 3.63) is 0 Å². The van der Waals surface area contributed by atoms with Gasteiger partial charge in [-0.05, 0) is 12.8 Å². The molecule has 0 atom stereocenters. The minimum absolute atomic E-state index is 0.301. The van der Waals surface area contributed by atoms with E-state index in [1.165, 1.54) is 0 Å². The molecule has 2 rings (SSSR count). The molecule has 0 bridgehead atoms. The van der Waals surface area contributed by atoms with Gasteiger partial charge in [-0.25, -0.2) is 4.31 Å². The van der Waals surface area contributed by atoms with Crippen molar-refractivity contribution in [3.63, 3.8) is 0 Å². The van der Waals surface area contributed by atoms with Crippen LogP contribution in [0.3, 0.4) is 0 Å². The van der Waals surface area contributed by atoms with E-state index in [1.54, 1.807) is 0 Å². The SMILES string of the molecule is NC(=O)SN1CCC(N2CCOCC2)CC1. The number of rotatable bonds is 2. The average molecular weight is 245 g/mol. The Kier molecular flexibility index (Phi) is 4.45. The summed E-state index contributed by atoms with van der Waals surface area (Å²) in [4.78, 5) is 13.3. The number of nitrogens with zero attached hydrogens (tertiary/aromatic N) is 2. The summed E-state index contributed by atoms with van der Waals surface area (Å²) in [6, 6.07) is 0.661. The first kappa shape index (κ1) is 12.2. The molecule has 0 aromatic rings. The third-order valence-corrected chi connectivity index (χ3v) is 4.01. The summed E-state index contributed by atoms with van der Waals surface area (Å²) in [7, 11) is 0. The van der Waals surface area contributed by atoms with Gasteiger partial charge in [0.1, 0.15) is 0 Å². The van der Waals surface area contributed by atoms with E-state index in [0.717, 1.165) is 64.2 Å². The Morgan fingerprint density at radius 1 is 1.19 bits per heavy atom. The van der Waals surface area contributed by atoms with Crippen LogP contribution in [0.1, 0.15) is 12.8 Å². The Balaban J connectivity index is 1.73. The van der Waals surface area contributed by atoms with Crippen LogP contribution in [0, 0.1) is 0 Å². The zero-order chi connectivity index (χ0) is 11.4. The van der Waals surface area contributed by atoms with Gasteiger partial charge in [-0.2, -0.15) is 0 Å². The Morgan fingerprint density at radius 2 is 1.81 bits per heavy atom. The molecule has 0 aliphatic carbocycles. The van der Waals surface area contributed by atoms with Crippen LogP contribution in [0.2, 0.25) is 0 Å². The van der Waals surface area contributed by atoms with E-state index >= 15 is 0 Å². The number of nitrogens with two attached hydrogens (primary N) is 1. The molecule has 0 radical (unpaired) electrons. The molecular formula is C10H19N3O2S. The molecule has 0 aromatic heterocycles. The molecule has 2 heterocycles. The van der Waals surface area contributed by atoms with Gasteiger partial charge in [0.2, 0.25) is 0 Å². The van der Waals surface area contributed by atoms with Crippen LogP contribution in [-0.4, -0.2) is 59.9 Å². The topological polar surface area (TPSA) is 58.8 Å². The van der Waals surface area contributed by atoms with Gasteiger partial charge in [-0.1, -0.05) is 0 Å². The van der Waals surface area contributed by atoms with Gasteiger partial charge in [0.15, 0.2) is 0 Å². The molecule has 92 valence electrons. The van der Waals surface area contributed by atoms with Gasteiger partial charge in [0.25, 0.3) is 5.24 Å². The summed E-state index contributed by atoms with van der Waals surface area (Å²) in [5.41, 5.74) is 5.16. The molecular weight excluding hydrogens is 226 g/mol. The highest BCUT2D eigenvalue weighted by Crippen LogP contribution is 2.22. The standard InChI is InChI=1S/C10H19N3O2S/c11-10(14)16-13-3-1-9(2-4-13)12-5-7-15-8-6-12/h9H,1-8H2,(H2,11,14). The molecule has 16 heavy (non-hydrogen) atoms. The zero-order valence-corrected chi connectivity index (χ0v) is 10.2. The van der Waals surface area contributed by atoms with Gasteiger partial charge in [-0.3, -0.25) is 9.69 Å². The third-order valence-electron chi connectivity index (χ3n) is 3.20. The number of carbonyl (C=O) groups excluding carboxylic acids is 1. The van der Waals surface area contributed by atoms with Crippen LogP contribution in [-0.2, 0) is 4.74 Å². The fourth-order valence-electron chi connectivity index (χ4n) is 2.37. The van der Waals surface area contributed by atoms with E-state index in [9.17, 15) is 4.79 Å². The van der Waals surface area contributed by atoms with Crippen molar-refractivity contribution >= 4 is 17.2 Å². The first-order chi connectivity index (χ1) is 7.75. The van der Waals surface area contributed by atoms with E-state index in [0.29, 0.717) is 6.04 Å². The Bertz CT molecular complexity index is 238. The van der Waals surface area contributed by atoms with Gasteiger partial charge < -0.3 is 10.5 Å². The molecule has 0 spiro atoms. The fraction of sp³-hybridized carbons (Fsp3) is 0.900. The molecule has 0 saturated carbocycles. The molecule has 5 nitrogen and oxygen atoms in total.